The van der Waals surface area contributed by atoms with Gasteiger partial charge in [-0.25, -0.2) is 9.18 Å². The Labute approximate surface area is 106 Å². The smallest absolute Gasteiger partial charge is 0.341 e. The predicted molar refractivity (Wildman–Crippen MR) is 64.7 cm³/mol. The van der Waals surface area contributed by atoms with Crippen LogP contribution in [-0.2, 0) is 11.2 Å². The molecule has 0 aromatic heterocycles. The Hall–Kier alpha value is -0.850. The zero-order chi connectivity index (χ0) is 11.7. The molecule has 5 heteroatoms. The number of carbonyl (C=O) groups excluding carboxylic acids is 1. The Morgan fingerprint density at radius 1 is 1.69 bits per heavy atom. The molecule has 0 spiro atoms. The Morgan fingerprint density at radius 2 is 2.44 bits per heavy atom. The quantitative estimate of drug-likeness (QED) is 0.473. The molecule has 0 amide bonds. The van der Waals surface area contributed by atoms with E-state index in [2.05, 4.69) is 27.3 Å². The largest absolute Gasteiger partial charge is 0.488 e. The predicted octanol–water partition coefficient (Wildman–Crippen LogP) is 2.35. The Balaban J connectivity index is 2.45. The van der Waals surface area contributed by atoms with Gasteiger partial charge in [-0.05, 0) is 12.1 Å². The number of fused-ring (bicyclic) bond motifs is 1. The maximum absolute atomic E-state index is 13.3. The normalized spacial score (nSPS) is 17.8. The molecular weight excluding hydrogens is 326 g/mol. The van der Waals surface area contributed by atoms with Crippen molar-refractivity contribution in [3.63, 3.8) is 0 Å². The minimum atomic E-state index is -0.565. The number of ether oxygens (including phenoxy) is 2. The molecule has 16 heavy (non-hydrogen) atoms. The molecule has 1 unspecified atom stereocenters. The summed E-state index contributed by atoms with van der Waals surface area (Å²) in [6.45, 7) is 0. The summed E-state index contributed by atoms with van der Waals surface area (Å²) < 4.78 is 24.3. The lowest BCUT2D eigenvalue weighted by Gasteiger charge is -2.08. The van der Waals surface area contributed by atoms with E-state index >= 15 is 0 Å². The Kier molecular flexibility index (Phi) is 3.32. The van der Waals surface area contributed by atoms with Crippen molar-refractivity contribution in [3.05, 3.63) is 29.1 Å². The average molecular weight is 336 g/mol. The van der Waals surface area contributed by atoms with Crippen LogP contribution in [-0.4, -0.2) is 23.6 Å². The second-order valence-corrected chi connectivity index (χ2v) is 4.41. The van der Waals surface area contributed by atoms with E-state index in [1.807, 2.05) is 0 Å². The number of benzene rings is 1. The fourth-order valence-corrected chi connectivity index (χ4v) is 2.23. The van der Waals surface area contributed by atoms with E-state index in [1.165, 1.54) is 13.2 Å². The van der Waals surface area contributed by atoms with Crippen LogP contribution in [0.3, 0.4) is 0 Å². The van der Waals surface area contributed by atoms with E-state index in [-0.39, 0.29) is 11.7 Å². The van der Waals surface area contributed by atoms with Crippen LogP contribution in [0.15, 0.2) is 12.1 Å². The van der Waals surface area contributed by atoms with Crippen molar-refractivity contribution in [2.75, 3.05) is 11.5 Å². The van der Waals surface area contributed by atoms with Gasteiger partial charge in [-0.3, -0.25) is 0 Å². The number of halogens is 2. The molecule has 2 rings (SSSR count). The molecule has 1 atom stereocenters. The van der Waals surface area contributed by atoms with Crippen molar-refractivity contribution in [1.29, 1.82) is 0 Å². The maximum Gasteiger partial charge on any atom is 0.341 e. The number of hydrogen-bond acceptors (Lipinski definition) is 3. The van der Waals surface area contributed by atoms with E-state index < -0.39 is 11.8 Å². The van der Waals surface area contributed by atoms with Crippen LogP contribution >= 0.6 is 22.6 Å². The first-order valence-corrected chi connectivity index (χ1v) is 6.31. The van der Waals surface area contributed by atoms with Gasteiger partial charge in [-0.1, -0.05) is 22.6 Å². The summed E-state index contributed by atoms with van der Waals surface area (Å²) >= 11 is 2.20. The van der Waals surface area contributed by atoms with Crippen LogP contribution < -0.4 is 4.74 Å². The summed E-state index contributed by atoms with van der Waals surface area (Å²) in [5.41, 5.74) is 0.909. The third-order valence-corrected chi connectivity index (χ3v) is 3.42. The molecule has 0 aliphatic carbocycles. The fraction of sp³-hybridized carbons (Fsp3) is 0.364. The molecule has 3 nitrogen and oxygen atoms in total. The van der Waals surface area contributed by atoms with Crippen LogP contribution in [0.1, 0.15) is 15.9 Å². The molecule has 0 bridgehead atoms. The number of carbonyl (C=O) groups is 1. The van der Waals surface area contributed by atoms with Crippen LogP contribution in [0.2, 0.25) is 0 Å². The monoisotopic (exact) mass is 336 g/mol. The highest BCUT2D eigenvalue weighted by Crippen LogP contribution is 2.34. The summed E-state index contributed by atoms with van der Waals surface area (Å²) in [7, 11) is 1.27. The van der Waals surface area contributed by atoms with Gasteiger partial charge in [0.1, 0.15) is 23.2 Å². The third-order valence-electron chi connectivity index (χ3n) is 2.44. The standard InChI is InChI=1S/C11H10FIO3/c1-15-11(14)9-4-7(12)2-6-3-8(5-13)16-10(6)9/h2,4,8H,3,5H2,1H3. The first-order chi connectivity index (χ1) is 7.65. The molecule has 0 fully saturated rings. The first-order valence-electron chi connectivity index (χ1n) is 4.79. The second kappa shape index (κ2) is 4.57. The van der Waals surface area contributed by atoms with Crippen LogP contribution in [0.25, 0.3) is 0 Å². The summed E-state index contributed by atoms with van der Waals surface area (Å²) in [5.74, 6) is -0.531. The Bertz CT molecular complexity index is 433. The second-order valence-electron chi connectivity index (χ2n) is 3.53. The van der Waals surface area contributed by atoms with Crippen LogP contribution in [0.5, 0.6) is 5.75 Å². The van der Waals surface area contributed by atoms with E-state index in [4.69, 9.17) is 4.74 Å². The zero-order valence-electron chi connectivity index (χ0n) is 8.63. The van der Waals surface area contributed by atoms with Gasteiger partial charge in [0.15, 0.2) is 0 Å². The van der Waals surface area contributed by atoms with Gasteiger partial charge in [-0.2, -0.15) is 0 Å². The number of esters is 1. The minimum Gasteiger partial charge on any atom is -0.488 e. The summed E-state index contributed by atoms with van der Waals surface area (Å²) in [6, 6.07) is 2.56. The van der Waals surface area contributed by atoms with E-state index in [9.17, 15) is 9.18 Å². The molecule has 1 heterocycles. The summed E-state index contributed by atoms with van der Waals surface area (Å²) in [6.07, 6.45) is 0.654. The molecule has 86 valence electrons. The highest BCUT2D eigenvalue weighted by Gasteiger charge is 2.28. The van der Waals surface area contributed by atoms with E-state index in [0.717, 1.165) is 16.1 Å². The number of hydrogen-bond donors (Lipinski definition) is 0. The molecule has 1 aliphatic rings. The first kappa shape index (κ1) is 11.6. The highest BCUT2D eigenvalue weighted by molar-refractivity contribution is 14.1. The van der Waals surface area contributed by atoms with Crippen LogP contribution in [0.4, 0.5) is 4.39 Å². The van der Waals surface area contributed by atoms with Crippen molar-refractivity contribution in [2.24, 2.45) is 0 Å². The molecule has 0 N–H and O–H groups in total. The minimum absolute atomic E-state index is 0.0146. The van der Waals surface area contributed by atoms with Gasteiger partial charge in [-0.15, -0.1) is 0 Å². The van der Waals surface area contributed by atoms with Crippen molar-refractivity contribution in [3.8, 4) is 5.75 Å². The SMILES string of the molecule is COC(=O)c1cc(F)cc2c1OC(CI)C2. The lowest BCUT2D eigenvalue weighted by Crippen LogP contribution is -2.14. The molecule has 0 saturated heterocycles. The maximum atomic E-state index is 13.3. The fourth-order valence-electron chi connectivity index (χ4n) is 1.74. The number of alkyl halides is 1. The topological polar surface area (TPSA) is 35.5 Å². The van der Waals surface area contributed by atoms with Gasteiger partial charge < -0.3 is 9.47 Å². The molecule has 0 saturated carbocycles. The van der Waals surface area contributed by atoms with Crippen molar-refractivity contribution in [2.45, 2.75) is 12.5 Å². The van der Waals surface area contributed by atoms with Gasteiger partial charge in [0.05, 0.1) is 7.11 Å². The summed E-state index contributed by atoms with van der Waals surface area (Å²) in [5, 5.41) is 0. The van der Waals surface area contributed by atoms with Crippen molar-refractivity contribution >= 4 is 28.6 Å². The molecule has 1 aliphatic heterocycles. The van der Waals surface area contributed by atoms with Gasteiger partial charge in [0.2, 0.25) is 0 Å². The summed E-state index contributed by atoms with van der Waals surface area (Å²) in [4.78, 5) is 11.4. The van der Waals surface area contributed by atoms with E-state index in [1.54, 1.807) is 0 Å². The lowest BCUT2D eigenvalue weighted by molar-refractivity contribution is 0.0595. The zero-order valence-corrected chi connectivity index (χ0v) is 10.8. The molecular formula is C11H10FIO3. The highest BCUT2D eigenvalue weighted by atomic mass is 127. The van der Waals surface area contributed by atoms with E-state index in [0.29, 0.717) is 12.2 Å². The van der Waals surface area contributed by atoms with Crippen molar-refractivity contribution < 1.29 is 18.7 Å². The van der Waals surface area contributed by atoms with Crippen LogP contribution in [0, 0.1) is 5.82 Å². The molecule has 0 radical (unpaired) electrons. The van der Waals surface area contributed by atoms with Gasteiger partial charge in [0, 0.05) is 16.4 Å². The van der Waals surface area contributed by atoms with Crippen molar-refractivity contribution in [1.82, 2.24) is 0 Å². The lowest BCUT2D eigenvalue weighted by atomic mass is 10.1. The van der Waals surface area contributed by atoms with Gasteiger partial charge in [0.25, 0.3) is 0 Å². The molecule has 1 aromatic carbocycles. The number of methoxy groups -OCH3 is 1. The average Bonchev–Trinajstić information content (AvgIpc) is 2.69. The molecule has 1 aromatic rings. The third kappa shape index (κ3) is 2.00. The van der Waals surface area contributed by atoms with Gasteiger partial charge >= 0.3 is 5.97 Å². The number of rotatable bonds is 2. The Morgan fingerprint density at radius 3 is 3.06 bits per heavy atom.